The van der Waals surface area contributed by atoms with Gasteiger partial charge in [0.1, 0.15) is 22.0 Å². The number of benzene rings is 2. The van der Waals surface area contributed by atoms with Crippen LogP contribution in [0.5, 0.6) is 0 Å². The quantitative estimate of drug-likeness (QED) is 0.332. The van der Waals surface area contributed by atoms with E-state index in [0.717, 1.165) is 37.5 Å². The van der Waals surface area contributed by atoms with Gasteiger partial charge >= 0.3 is 0 Å². The fourth-order valence-electron chi connectivity index (χ4n) is 3.02. The highest BCUT2D eigenvalue weighted by Gasteiger charge is 2.18. The van der Waals surface area contributed by atoms with Gasteiger partial charge in [-0.25, -0.2) is 14.4 Å². The SMILES string of the molecule is Cc1ccccc1-c1nnc(Sc2ncnc3scc(-c4ccc(F)cc4)c23)o1. The van der Waals surface area contributed by atoms with E-state index in [9.17, 15) is 4.39 Å². The lowest BCUT2D eigenvalue weighted by Crippen LogP contribution is -1.86. The van der Waals surface area contributed by atoms with Gasteiger partial charge in [-0.15, -0.1) is 21.5 Å². The van der Waals surface area contributed by atoms with Crippen molar-refractivity contribution in [3.8, 4) is 22.6 Å². The topological polar surface area (TPSA) is 64.7 Å². The van der Waals surface area contributed by atoms with E-state index in [1.807, 2.05) is 36.6 Å². The van der Waals surface area contributed by atoms with E-state index in [0.29, 0.717) is 11.1 Å². The molecule has 0 bridgehead atoms. The first-order valence-electron chi connectivity index (χ1n) is 8.74. The third kappa shape index (κ3) is 3.41. The minimum atomic E-state index is -0.270. The fraction of sp³-hybridized carbons (Fsp3) is 0.0476. The van der Waals surface area contributed by atoms with E-state index in [1.165, 1.54) is 41.6 Å². The second kappa shape index (κ2) is 7.38. The van der Waals surface area contributed by atoms with Gasteiger partial charge in [-0.1, -0.05) is 30.3 Å². The molecular formula is C21H13FN4OS2. The Bertz CT molecular complexity index is 1310. The van der Waals surface area contributed by atoms with Crippen molar-refractivity contribution in [2.75, 3.05) is 0 Å². The summed E-state index contributed by atoms with van der Waals surface area (Å²) in [4.78, 5) is 9.65. The second-order valence-electron chi connectivity index (χ2n) is 6.31. The summed E-state index contributed by atoms with van der Waals surface area (Å²) in [6, 6.07) is 14.3. The number of hydrogen-bond donors (Lipinski definition) is 0. The van der Waals surface area contributed by atoms with Gasteiger partial charge < -0.3 is 4.42 Å². The third-order valence-electron chi connectivity index (χ3n) is 4.46. The molecule has 0 aliphatic carbocycles. The molecule has 0 saturated heterocycles. The molecule has 2 aromatic carbocycles. The van der Waals surface area contributed by atoms with Crippen molar-refractivity contribution in [3.63, 3.8) is 0 Å². The normalized spacial score (nSPS) is 11.2. The van der Waals surface area contributed by atoms with Gasteiger partial charge in [0, 0.05) is 16.5 Å². The summed E-state index contributed by atoms with van der Waals surface area (Å²) in [6.07, 6.45) is 1.52. The molecule has 3 aromatic heterocycles. The highest BCUT2D eigenvalue weighted by atomic mass is 32.2. The van der Waals surface area contributed by atoms with E-state index in [1.54, 1.807) is 12.1 Å². The molecule has 3 heterocycles. The Morgan fingerprint density at radius 3 is 2.62 bits per heavy atom. The standard InChI is InChI=1S/C21H13FN4OS2/c1-12-4-2-3-5-15(12)18-25-26-21(27-18)29-20-17-16(10-28-19(17)23-11-24-20)13-6-8-14(22)9-7-13/h2-11H,1H3. The number of aryl methyl sites for hydroxylation is 1. The molecule has 0 radical (unpaired) electrons. The minimum absolute atomic E-state index is 0.270. The molecule has 5 aromatic rings. The summed E-state index contributed by atoms with van der Waals surface area (Å²) >= 11 is 2.81. The Morgan fingerprint density at radius 1 is 0.966 bits per heavy atom. The Kier molecular flexibility index (Phi) is 4.57. The van der Waals surface area contributed by atoms with Gasteiger partial charge in [-0.2, -0.15) is 0 Å². The lowest BCUT2D eigenvalue weighted by atomic mass is 10.1. The van der Waals surface area contributed by atoms with Crippen LogP contribution in [-0.2, 0) is 0 Å². The molecule has 0 spiro atoms. The van der Waals surface area contributed by atoms with Gasteiger partial charge in [-0.05, 0) is 48.0 Å². The predicted octanol–water partition coefficient (Wildman–Crippen LogP) is 6.01. The average molecular weight is 420 g/mol. The maximum Gasteiger partial charge on any atom is 0.283 e. The minimum Gasteiger partial charge on any atom is -0.411 e. The first kappa shape index (κ1) is 18.0. The maximum atomic E-state index is 13.3. The Balaban J connectivity index is 1.54. The molecule has 142 valence electrons. The zero-order valence-electron chi connectivity index (χ0n) is 15.2. The van der Waals surface area contributed by atoms with Crippen LogP contribution in [0.2, 0.25) is 0 Å². The van der Waals surface area contributed by atoms with E-state index >= 15 is 0 Å². The maximum absolute atomic E-state index is 13.3. The van der Waals surface area contributed by atoms with Crippen LogP contribution in [0.1, 0.15) is 5.56 Å². The van der Waals surface area contributed by atoms with Gasteiger partial charge in [0.15, 0.2) is 0 Å². The average Bonchev–Trinajstić information content (AvgIpc) is 3.37. The summed E-state index contributed by atoms with van der Waals surface area (Å²) in [5.74, 6) is 0.203. The number of nitrogens with zero attached hydrogens (tertiary/aromatic N) is 4. The molecule has 8 heteroatoms. The summed E-state index contributed by atoms with van der Waals surface area (Å²) in [5, 5.41) is 12.4. The molecule has 29 heavy (non-hydrogen) atoms. The van der Waals surface area contributed by atoms with E-state index in [-0.39, 0.29) is 5.82 Å². The lowest BCUT2D eigenvalue weighted by Gasteiger charge is -2.03. The number of rotatable bonds is 4. The lowest BCUT2D eigenvalue weighted by molar-refractivity contribution is 0.465. The molecule has 0 atom stereocenters. The summed E-state index contributed by atoms with van der Waals surface area (Å²) in [6.45, 7) is 2.00. The molecule has 0 aliphatic rings. The first-order chi connectivity index (χ1) is 14.2. The van der Waals surface area contributed by atoms with Crippen molar-refractivity contribution in [3.05, 3.63) is 71.6 Å². The molecule has 0 saturated carbocycles. The van der Waals surface area contributed by atoms with Crippen molar-refractivity contribution in [2.45, 2.75) is 17.2 Å². The summed E-state index contributed by atoms with van der Waals surface area (Å²) in [5.41, 5.74) is 3.82. The molecule has 0 fully saturated rings. The first-order valence-corrected chi connectivity index (χ1v) is 10.4. The Hall–Kier alpha value is -3.10. The van der Waals surface area contributed by atoms with Gasteiger partial charge in [0.05, 0.1) is 5.39 Å². The van der Waals surface area contributed by atoms with Crippen molar-refractivity contribution in [1.29, 1.82) is 0 Å². The monoisotopic (exact) mass is 420 g/mol. The number of aromatic nitrogens is 4. The molecule has 0 N–H and O–H groups in total. The molecule has 0 unspecified atom stereocenters. The van der Waals surface area contributed by atoms with Gasteiger partial charge in [-0.3, -0.25) is 0 Å². The number of fused-ring (bicyclic) bond motifs is 1. The number of hydrogen-bond acceptors (Lipinski definition) is 7. The van der Waals surface area contributed by atoms with Crippen LogP contribution in [0.15, 0.2) is 74.9 Å². The van der Waals surface area contributed by atoms with E-state index in [2.05, 4.69) is 20.2 Å². The summed E-state index contributed by atoms with van der Waals surface area (Å²) < 4.78 is 19.2. The molecule has 5 rings (SSSR count). The van der Waals surface area contributed by atoms with Gasteiger partial charge in [0.2, 0.25) is 5.89 Å². The van der Waals surface area contributed by atoms with Crippen molar-refractivity contribution in [1.82, 2.24) is 20.2 Å². The Labute approximate surface area is 173 Å². The Morgan fingerprint density at radius 2 is 1.79 bits per heavy atom. The van der Waals surface area contributed by atoms with Crippen LogP contribution in [0.25, 0.3) is 32.8 Å². The molecular weight excluding hydrogens is 407 g/mol. The summed E-state index contributed by atoms with van der Waals surface area (Å²) in [7, 11) is 0. The smallest absolute Gasteiger partial charge is 0.283 e. The van der Waals surface area contributed by atoms with Gasteiger partial charge in [0.25, 0.3) is 5.22 Å². The number of halogens is 1. The zero-order chi connectivity index (χ0) is 19.8. The largest absolute Gasteiger partial charge is 0.411 e. The highest BCUT2D eigenvalue weighted by Crippen LogP contribution is 2.40. The molecule has 0 amide bonds. The zero-order valence-corrected chi connectivity index (χ0v) is 16.8. The third-order valence-corrected chi connectivity index (χ3v) is 6.19. The van der Waals surface area contributed by atoms with Crippen LogP contribution >= 0.6 is 23.1 Å². The van der Waals surface area contributed by atoms with Crippen LogP contribution in [0.3, 0.4) is 0 Å². The van der Waals surface area contributed by atoms with E-state index < -0.39 is 0 Å². The van der Waals surface area contributed by atoms with Crippen molar-refractivity contribution < 1.29 is 8.81 Å². The molecule has 0 aliphatic heterocycles. The van der Waals surface area contributed by atoms with E-state index in [4.69, 9.17) is 4.42 Å². The molecule has 5 nitrogen and oxygen atoms in total. The fourth-order valence-corrected chi connectivity index (χ4v) is 4.78. The van der Waals surface area contributed by atoms with Crippen molar-refractivity contribution >= 4 is 33.3 Å². The van der Waals surface area contributed by atoms with Crippen LogP contribution in [0, 0.1) is 12.7 Å². The predicted molar refractivity (Wildman–Crippen MR) is 111 cm³/mol. The second-order valence-corrected chi connectivity index (χ2v) is 8.10. The highest BCUT2D eigenvalue weighted by molar-refractivity contribution is 7.99. The van der Waals surface area contributed by atoms with Crippen LogP contribution < -0.4 is 0 Å². The number of thiophene rings is 1. The van der Waals surface area contributed by atoms with Crippen molar-refractivity contribution in [2.24, 2.45) is 0 Å². The van der Waals surface area contributed by atoms with Crippen LogP contribution in [-0.4, -0.2) is 20.2 Å². The van der Waals surface area contributed by atoms with Crippen LogP contribution in [0.4, 0.5) is 4.39 Å².